The molecule has 0 spiro atoms. The Morgan fingerprint density at radius 1 is 0.900 bits per heavy atom. The third-order valence-electron chi connectivity index (χ3n) is 7.05. The lowest BCUT2D eigenvalue weighted by Crippen LogP contribution is -2.50. The van der Waals surface area contributed by atoms with Crippen molar-refractivity contribution in [3.63, 3.8) is 0 Å². The van der Waals surface area contributed by atoms with E-state index in [-0.39, 0.29) is 31.3 Å². The largest absolute Gasteiger partial charge is 0.355 e. The van der Waals surface area contributed by atoms with Crippen LogP contribution in [-0.2, 0) is 32.6 Å². The maximum atomic E-state index is 13.8. The lowest BCUT2D eigenvalue weighted by atomic mass is 10.0. The average Bonchev–Trinajstić information content (AvgIpc) is 2.90. The fourth-order valence-electron chi connectivity index (χ4n) is 4.84. The quantitative estimate of drug-likeness (QED) is 0.319. The molecular weight excluding hydrogens is 522 g/mol. The highest BCUT2D eigenvalue weighted by molar-refractivity contribution is 7.92. The van der Waals surface area contributed by atoms with Crippen LogP contribution < -0.4 is 9.62 Å². The van der Waals surface area contributed by atoms with Crippen molar-refractivity contribution in [2.24, 2.45) is 0 Å². The molecular formula is C32H41N3O4S. The number of rotatable bonds is 13. The van der Waals surface area contributed by atoms with Crippen LogP contribution in [0.3, 0.4) is 0 Å². The van der Waals surface area contributed by atoms with Crippen molar-refractivity contribution < 1.29 is 18.0 Å². The van der Waals surface area contributed by atoms with E-state index in [1.165, 1.54) is 10.6 Å². The third kappa shape index (κ3) is 8.42. The highest BCUT2D eigenvalue weighted by Crippen LogP contribution is 2.26. The van der Waals surface area contributed by atoms with Gasteiger partial charge in [0.2, 0.25) is 21.8 Å². The molecule has 0 saturated heterocycles. The summed E-state index contributed by atoms with van der Waals surface area (Å²) in [6.07, 6.45) is 1.98. The molecule has 0 aliphatic rings. The minimum Gasteiger partial charge on any atom is -0.355 e. The number of hydrogen-bond donors (Lipinski definition) is 1. The maximum Gasteiger partial charge on any atom is 0.243 e. The molecule has 214 valence electrons. The number of aryl methyl sites for hydroxylation is 2. The SMILES string of the molecule is CCNC(=O)C(Cc1ccccc1)N(Cc1cccc(C)c1)C(=O)CCCN(c1cccc(C)c1C)S(C)(=O)=O. The Labute approximate surface area is 239 Å². The minimum absolute atomic E-state index is 0.105. The Balaban J connectivity index is 1.88. The number of carbonyl (C=O) groups excluding carboxylic acids is 2. The molecule has 3 aromatic carbocycles. The Kier molecular flexibility index (Phi) is 10.9. The van der Waals surface area contributed by atoms with E-state index >= 15 is 0 Å². The zero-order valence-electron chi connectivity index (χ0n) is 24.2. The zero-order valence-corrected chi connectivity index (χ0v) is 25.0. The van der Waals surface area contributed by atoms with E-state index < -0.39 is 16.1 Å². The standard InChI is InChI=1S/C32H41N3O4S/c1-6-33-32(37)30(22-27-15-8-7-9-16-27)34(23-28-17-10-13-24(2)21-28)31(36)19-12-20-35(40(5,38)39)29-18-11-14-25(3)26(29)4/h7-11,13-18,21,30H,6,12,19-20,22-23H2,1-5H3,(H,33,37). The monoisotopic (exact) mass is 563 g/mol. The molecule has 0 bridgehead atoms. The molecule has 3 aromatic rings. The summed E-state index contributed by atoms with van der Waals surface area (Å²) in [6.45, 7) is 8.60. The van der Waals surface area contributed by atoms with Crippen molar-refractivity contribution in [2.45, 2.75) is 59.5 Å². The number of anilines is 1. The van der Waals surface area contributed by atoms with Crippen LogP contribution in [-0.4, -0.2) is 50.5 Å². The van der Waals surface area contributed by atoms with Crippen LogP contribution >= 0.6 is 0 Å². The molecule has 0 fully saturated rings. The van der Waals surface area contributed by atoms with Crippen LogP contribution in [0.1, 0.15) is 47.6 Å². The number of nitrogens with zero attached hydrogens (tertiary/aromatic N) is 2. The summed E-state index contributed by atoms with van der Waals surface area (Å²) in [7, 11) is -3.56. The first-order valence-electron chi connectivity index (χ1n) is 13.7. The van der Waals surface area contributed by atoms with E-state index in [1.807, 2.05) is 94.4 Å². The molecule has 40 heavy (non-hydrogen) atoms. The van der Waals surface area contributed by atoms with Gasteiger partial charge in [-0.25, -0.2) is 8.42 Å². The van der Waals surface area contributed by atoms with Gasteiger partial charge in [-0.1, -0.05) is 72.3 Å². The van der Waals surface area contributed by atoms with Gasteiger partial charge in [-0.3, -0.25) is 13.9 Å². The van der Waals surface area contributed by atoms with Gasteiger partial charge < -0.3 is 10.2 Å². The van der Waals surface area contributed by atoms with E-state index in [9.17, 15) is 18.0 Å². The summed E-state index contributed by atoms with van der Waals surface area (Å²) in [4.78, 5) is 28.8. The number of sulfonamides is 1. The van der Waals surface area contributed by atoms with Crippen LogP contribution in [0.2, 0.25) is 0 Å². The first kappa shape index (κ1) is 30.9. The van der Waals surface area contributed by atoms with E-state index in [1.54, 1.807) is 11.0 Å². The van der Waals surface area contributed by atoms with Gasteiger partial charge in [0.15, 0.2) is 0 Å². The van der Waals surface area contributed by atoms with Gasteiger partial charge in [0.25, 0.3) is 0 Å². The number of nitrogens with one attached hydrogen (secondary N) is 1. The number of amides is 2. The molecule has 1 N–H and O–H groups in total. The fourth-order valence-corrected chi connectivity index (χ4v) is 5.86. The molecule has 3 rings (SSSR count). The van der Waals surface area contributed by atoms with Gasteiger partial charge in [0.1, 0.15) is 6.04 Å². The molecule has 2 amide bonds. The first-order valence-corrected chi connectivity index (χ1v) is 15.6. The van der Waals surface area contributed by atoms with Crippen LogP contribution in [0.4, 0.5) is 5.69 Å². The van der Waals surface area contributed by atoms with E-state index in [0.29, 0.717) is 25.1 Å². The topological polar surface area (TPSA) is 86.8 Å². The Hall–Kier alpha value is -3.65. The van der Waals surface area contributed by atoms with E-state index in [4.69, 9.17) is 0 Å². The number of benzene rings is 3. The Bertz CT molecular complexity index is 1410. The molecule has 0 heterocycles. The molecule has 0 radical (unpaired) electrons. The zero-order chi connectivity index (χ0) is 29.3. The van der Waals surface area contributed by atoms with Crippen LogP contribution in [0.5, 0.6) is 0 Å². The summed E-state index contributed by atoms with van der Waals surface area (Å²) in [5.74, 6) is -0.399. The van der Waals surface area contributed by atoms with Gasteiger partial charge >= 0.3 is 0 Å². The van der Waals surface area contributed by atoms with Crippen LogP contribution in [0, 0.1) is 20.8 Å². The normalized spacial score (nSPS) is 12.0. The summed E-state index contributed by atoms with van der Waals surface area (Å²) in [5.41, 5.74) is 5.47. The highest BCUT2D eigenvalue weighted by Gasteiger charge is 2.30. The molecule has 0 aromatic heterocycles. The molecule has 0 aliphatic carbocycles. The molecule has 1 atom stereocenters. The van der Waals surface area contributed by atoms with Crippen molar-refractivity contribution in [1.82, 2.24) is 10.2 Å². The predicted molar refractivity (Wildman–Crippen MR) is 162 cm³/mol. The van der Waals surface area contributed by atoms with Crippen molar-refractivity contribution in [3.8, 4) is 0 Å². The second-order valence-electron chi connectivity index (χ2n) is 10.3. The summed E-state index contributed by atoms with van der Waals surface area (Å²) in [6, 6.07) is 22.4. The average molecular weight is 564 g/mol. The highest BCUT2D eigenvalue weighted by atomic mass is 32.2. The lowest BCUT2D eigenvalue weighted by Gasteiger charge is -2.32. The molecule has 0 saturated carbocycles. The van der Waals surface area contributed by atoms with Gasteiger partial charge in [0.05, 0.1) is 11.9 Å². The second kappa shape index (κ2) is 14.1. The minimum atomic E-state index is -3.56. The van der Waals surface area contributed by atoms with Crippen molar-refractivity contribution >= 4 is 27.5 Å². The van der Waals surface area contributed by atoms with Gasteiger partial charge in [-0.05, 0) is 62.4 Å². The van der Waals surface area contributed by atoms with E-state index in [2.05, 4.69) is 5.32 Å². The van der Waals surface area contributed by atoms with E-state index in [0.717, 1.165) is 27.8 Å². The summed E-state index contributed by atoms with van der Waals surface area (Å²) < 4.78 is 26.8. The molecule has 1 unspecified atom stereocenters. The number of carbonyl (C=O) groups is 2. The maximum absolute atomic E-state index is 13.8. The van der Waals surface area contributed by atoms with Crippen molar-refractivity contribution in [3.05, 3.63) is 101 Å². The van der Waals surface area contributed by atoms with Gasteiger partial charge in [0, 0.05) is 32.5 Å². The lowest BCUT2D eigenvalue weighted by molar-refractivity contribution is -0.141. The number of hydrogen-bond acceptors (Lipinski definition) is 4. The van der Waals surface area contributed by atoms with Gasteiger partial charge in [-0.15, -0.1) is 0 Å². The van der Waals surface area contributed by atoms with Crippen molar-refractivity contribution in [2.75, 3.05) is 23.7 Å². The molecule has 0 aliphatic heterocycles. The predicted octanol–water partition coefficient (Wildman–Crippen LogP) is 4.93. The van der Waals surface area contributed by atoms with Crippen LogP contribution in [0.25, 0.3) is 0 Å². The third-order valence-corrected chi connectivity index (χ3v) is 8.23. The molecule has 8 heteroatoms. The second-order valence-corrected chi connectivity index (χ2v) is 12.2. The smallest absolute Gasteiger partial charge is 0.243 e. The number of likely N-dealkylation sites (N-methyl/N-ethyl adjacent to an activating group) is 1. The summed E-state index contributed by atoms with van der Waals surface area (Å²) in [5, 5.41) is 2.91. The van der Waals surface area contributed by atoms with Crippen molar-refractivity contribution in [1.29, 1.82) is 0 Å². The Morgan fingerprint density at radius 2 is 1.57 bits per heavy atom. The van der Waals surface area contributed by atoms with Crippen LogP contribution in [0.15, 0.2) is 72.8 Å². The van der Waals surface area contributed by atoms with Gasteiger partial charge in [-0.2, -0.15) is 0 Å². The summed E-state index contributed by atoms with van der Waals surface area (Å²) >= 11 is 0. The fraction of sp³-hybridized carbons (Fsp3) is 0.375. The first-order chi connectivity index (χ1) is 19.0. The Morgan fingerprint density at radius 3 is 2.23 bits per heavy atom. The molecule has 7 nitrogen and oxygen atoms in total.